The number of benzene rings is 2. The normalized spacial score (nSPS) is 19.2. The second-order valence-electron chi connectivity index (χ2n) is 7.91. The number of nitriles is 2. The molecule has 1 saturated heterocycles. The van der Waals surface area contributed by atoms with Crippen LogP contribution in [0.4, 0.5) is 0 Å². The van der Waals surface area contributed by atoms with Crippen LogP contribution in [0, 0.1) is 34.5 Å². The van der Waals surface area contributed by atoms with Crippen LogP contribution in [0.25, 0.3) is 0 Å². The van der Waals surface area contributed by atoms with E-state index in [1.54, 1.807) is 6.07 Å². The van der Waals surface area contributed by atoms with Crippen molar-refractivity contribution >= 4 is 9.84 Å². The van der Waals surface area contributed by atoms with Crippen LogP contribution in [0.2, 0.25) is 0 Å². The van der Waals surface area contributed by atoms with E-state index in [0.29, 0.717) is 29.8 Å². The van der Waals surface area contributed by atoms with Crippen LogP contribution in [-0.2, 0) is 16.3 Å². The molecule has 2 atom stereocenters. The Morgan fingerprint density at radius 1 is 1.13 bits per heavy atom. The highest BCUT2D eigenvalue weighted by Crippen LogP contribution is 2.26. The lowest BCUT2D eigenvalue weighted by Gasteiger charge is -2.17. The van der Waals surface area contributed by atoms with E-state index in [2.05, 4.69) is 17.9 Å². The molecule has 0 aromatic heterocycles. The Morgan fingerprint density at radius 2 is 1.93 bits per heavy atom. The third kappa shape index (κ3) is 5.38. The van der Waals surface area contributed by atoms with Crippen molar-refractivity contribution in [2.45, 2.75) is 18.2 Å². The monoisotopic (exact) mass is 423 g/mol. The Labute approximate surface area is 178 Å². The van der Waals surface area contributed by atoms with Gasteiger partial charge in [-0.3, -0.25) is 0 Å². The average Bonchev–Trinajstić information content (AvgIpc) is 3.09. The number of ether oxygens (including phenoxy) is 1. The van der Waals surface area contributed by atoms with E-state index in [4.69, 9.17) is 10.00 Å². The van der Waals surface area contributed by atoms with E-state index in [9.17, 15) is 13.7 Å². The van der Waals surface area contributed by atoms with Gasteiger partial charge < -0.3 is 9.64 Å². The molecule has 3 rings (SSSR count). The summed E-state index contributed by atoms with van der Waals surface area (Å²) in [6, 6.07) is 16.4. The highest BCUT2D eigenvalue weighted by atomic mass is 32.2. The van der Waals surface area contributed by atoms with Crippen molar-refractivity contribution in [2.24, 2.45) is 11.8 Å². The van der Waals surface area contributed by atoms with Gasteiger partial charge in [-0.15, -0.1) is 0 Å². The van der Waals surface area contributed by atoms with Crippen LogP contribution in [0.15, 0.2) is 47.4 Å². The Kier molecular flexibility index (Phi) is 6.77. The summed E-state index contributed by atoms with van der Waals surface area (Å²) in [6.45, 7) is 5.56. The number of hydrogen-bond donors (Lipinski definition) is 0. The summed E-state index contributed by atoms with van der Waals surface area (Å²) in [6.07, 6.45) is 1.99. The quantitative estimate of drug-likeness (QED) is 0.679. The molecular weight excluding hydrogens is 398 g/mol. The van der Waals surface area contributed by atoms with Crippen LogP contribution in [0.3, 0.4) is 0 Å². The largest absolute Gasteiger partial charge is 0.493 e. The molecule has 0 spiro atoms. The van der Waals surface area contributed by atoms with Crippen molar-refractivity contribution in [3.8, 4) is 17.9 Å². The summed E-state index contributed by atoms with van der Waals surface area (Å²) in [5, 5.41) is 18.3. The third-order valence-electron chi connectivity index (χ3n) is 5.55. The molecule has 2 aromatic carbocycles. The van der Waals surface area contributed by atoms with Crippen LogP contribution in [0.5, 0.6) is 5.75 Å². The van der Waals surface area contributed by atoms with Gasteiger partial charge in [0.15, 0.2) is 9.84 Å². The van der Waals surface area contributed by atoms with Crippen LogP contribution in [-0.4, -0.2) is 45.8 Å². The van der Waals surface area contributed by atoms with E-state index < -0.39 is 9.84 Å². The first-order valence-corrected chi connectivity index (χ1v) is 11.8. The minimum atomic E-state index is -3.45. The Morgan fingerprint density at radius 3 is 2.63 bits per heavy atom. The van der Waals surface area contributed by atoms with Crippen molar-refractivity contribution in [1.82, 2.24) is 4.90 Å². The minimum absolute atomic E-state index is 0.0261. The van der Waals surface area contributed by atoms with Gasteiger partial charge in [-0.2, -0.15) is 10.5 Å². The van der Waals surface area contributed by atoms with E-state index in [0.717, 1.165) is 37.9 Å². The zero-order chi connectivity index (χ0) is 21.7. The lowest BCUT2D eigenvalue weighted by atomic mass is 9.99. The first-order chi connectivity index (χ1) is 14.3. The fourth-order valence-corrected chi connectivity index (χ4v) is 4.66. The molecule has 1 aliphatic rings. The zero-order valence-electron chi connectivity index (χ0n) is 17.2. The van der Waals surface area contributed by atoms with Gasteiger partial charge in [-0.05, 0) is 48.2 Å². The maximum absolute atomic E-state index is 11.8. The molecule has 0 amide bonds. The molecule has 0 aliphatic carbocycles. The second kappa shape index (κ2) is 9.30. The molecule has 0 radical (unpaired) electrons. The average molecular weight is 424 g/mol. The van der Waals surface area contributed by atoms with Gasteiger partial charge in [0.05, 0.1) is 28.7 Å². The van der Waals surface area contributed by atoms with Crippen LogP contribution in [0.1, 0.15) is 23.6 Å². The molecule has 1 heterocycles. The summed E-state index contributed by atoms with van der Waals surface area (Å²) in [4.78, 5) is 2.43. The zero-order valence-corrected chi connectivity index (χ0v) is 18.0. The van der Waals surface area contributed by atoms with Crippen molar-refractivity contribution < 1.29 is 13.2 Å². The summed E-state index contributed by atoms with van der Waals surface area (Å²) in [5.41, 5.74) is 1.96. The van der Waals surface area contributed by atoms with E-state index >= 15 is 0 Å². The number of sulfone groups is 1. The molecule has 30 heavy (non-hydrogen) atoms. The number of likely N-dealkylation sites (tertiary alicyclic amines) is 1. The lowest BCUT2D eigenvalue weighted by molar-refractivity contribution is 0.225. The summed E-state index contributed by atoms with van der Waals surface area (Å²) < 4.78 is 29.4. The van der Waals surface area contributed by atoms with Crippen molar-refractivity contribution in [1.29, 1.82) is 10.5 Å². The summed E-state index contributed by atoms with van der Waals surface area (Å²) in [7, 11) is -3.45. The lowest BCUT2D eigenvalue weighted by Crippen LogP contribution is -2.24. The standard InChI is InChI=1S/C23H25N3O3S/c1-17-14-26(9-8-18-4-3-5-19(10-18)12-24)15-21(17)16-29-22-6-7-23(30(2,27)28)20(11-22)13-25/h3-7,10-11,17,21H,8-9,14-16H2,1-2H3/t17-,21+/m1/s1. The van der Waals surface area contributed by atoms with Gasteiger partial charge in [0.2, 0.25) is 0 Å². The molecule has 0 unspecified atom stereocenters. The maximum Gasteiger partial charge on any atom is 0.176 e. The molecule has 1 fully saturated rings. The molecule has 0 N–H and O–H groups in total. The van der Waals surface area contributed by atoms with Gasteiger partial charge in [0, 0.05) is 31.8 Å². The highest BCUT2D eigenvalue weighted by molar-refractivity contribution is 7.90. The number of nitrogens with zero attached hydrogens (tertiary/aromatic N) is 3. The van der Waals surface area contributed by atoms with E-state index in [1.165, 1.54) is 12.1 Å². The molecule has 0 bridgehead atoms. The van der Waals surface area contributed by atoms with Crippen LogP contribution >= 0.6 is 0 Å². The topological polar surface area (TPSA) is 94.2 Å². The van der Waals surface area contributed by atoms with Gasteiger partial charge in [-0.1, -0.05) is 19.1 Å². The summed E-state index contributed by atoms with van der Waals surface area (Å²) in [5.74, 6) is 1.34. The first-order valence-electron chi connectivity index (χ1n) is 9.88. The third-order valence-corrected chi connectivity index (χ3v) is 6.71. The smallest absolute Gasteiger partial charge is 0.176 e. The Hall–Kier alpha value is -2.87. The molecule has 2 aromatic rings. The minimum Gasteiger partial charge on any atom is -0.493 e. The molecule has 1 aliphatic heterocycles. The highest BCUT2D eigenvalue weighted by Gasteiger charge is 2.29. The fraction of sp³-hybridized carbons (Fsp3) is 0.391. The van der Waals surface area contributed by atoms with E-state index in [-0.39, 0.29) is 10.5 Å². The van der Waals surface area contributed by atoms with Crippen molar-refractivity contribution in [2.75, 3.05) is 32.5 Å². The predicted octanol–water partition coefficient (Wildman–Crippen LogP) is 3.02. The molecule has 0 saturated carbocycles. The van der Waals surface area contributed by atoms with Gasteiger partial charge in [0.1, 0.15) is 11.8 Å². The van der Waals surface area contributed by atoms with Gasteiger partial charge >= 0.3 is 0 Å². The summed E-state index contributed by atoms with van der Waals surface area (Å²) >= 11 is 0. The van der Waals surface area contributed by atoms with Crippen molar-refractivity contribution in [3.05, 3.63) is 59.2 Å². The van der Waals surface area contributed by atoms with Gasteiger partial charge in [-0.25, -0.2) is 8.42 Å². The predicted molar refractivity (Wildman–Crippen MR) is 114 cm³/mol. The number of rotatable bonds is 7. The number of hydrogen-bond acceptors (Lipinski definition) is 6. The Bertz CT molecular complexity index is 1100. The van der Waals surface area contributed by atoms with Gasteiger partial charge in [0.25, 0.3) is 0 Å². The fourth-order valence-electron chi connectivity index (χ4n) is 3.84. The first kappa shape index (κ1) is 21.8. The van der Waals surface area contributed by atoms with Crippen molar-refractivity contribution in [3.63, 3.8) is 0 Å². The molecular formula is C23H25N3O3S. The molecule has 7 heteroatoms. The Balaban J connectivity index is 1.55. The van der Waals surface area contributed by atoms with E-state index in [1.807, 2.05) is 30.3 Å². The van der Waals surface area contributed by atoms with Crippen LogP contribution < -0.4 is 4.74 Å². The molecule has 6 nitrogen and oxygen atoms in total. The molecule has 156 valence electrons. The second-order valence-corrected chi connectivity index (χ2v) is 9.90. The maximum atomic E-state index is 11.8. The SMILES string of the molecule is C[C@@H]1CN(CCc2cccc(C#N)c2)C[C@H]1COc1ccc(S(C)(=O)=O)c(C#N)c1.